The molecule has 1 saturated carbocycles. The molecule has 2 N–H and O–H groups in total. The fourth-order valence-corrected chi connectivity index (χ4v) is 2.41. The standard InChI is InChI=1S/C14H21N3O3/c1-9-7-10(2)17(16-9)6-5-13(18)15-12(8-14(19)20)11-3-4-11/h7,11-12H,3-6,8H2,1-2H3,(H,15,18)(H,19,20). The first-order chi connectivity index (χ1) is 9.45. The van der Waals surface area contributed by atoms with E-state index in [-0.39, 0.29) is 18.4 Å². The van der Waals surface area contributed by atoms with Gasteiger partial charge in [0.1, 0.15) is 0 Å². The van der Waals surface area contributed by atoms with Gasteiger partial charge in [0.2, 0.25) is 5.91 Å². The highest BCUT2D eigenvalue weighted by atomic mass is 16.4. The van der Waals surface area contributed by atoms with Crippen LogP contribution in [0.15, 0.2) is 6.07 Å². The third-order valence-electron chi connectivity index (χ3n) is 3.59. The molecule has 0 aromatic carbocycles. The molecule has 20 heavy (non-hydrogen) atoms. The lowest BCUT2D eigenvalue weighted by molar-refractivity contribution is -0.137. The molecular formula is C14H21N3O3. The maximum Gasteiger partial charge on any atom is 0.305 e. The van der Waals surface area contributed by atoms with Crippen LogP contribution in [-0.4, -0.2) is 32.8 Å². The fourth-order valence-electron chi connectivity index (χ4n) is 2.41. The second-order valence-electron chi connectivity index (χ2n) is 5.51. The Morgan fingerprint density at radius 3 is 2.70 bits per heavy atom. The van der Waals surface area contributed by atoms with Crippen molar-refractivity contribution in [3.63, 3.8) is 0 Å². The summed E-state index contributed by atoms with van der Waals surface area (Å²) in [6, 6.07) is 1.75. The smallest absolute Gasteiger partial charge is 0.305 e. The minimum absolute atomic E-state index is 0.0102. The van der Waals surface area contributed by atoms with Crippen LogP contribution in [0.1, 0.15) is 37.1 Å². The predicted molar refractivity (Wildman–Crippen MR) is 73.2 cm³/mol. The molecule has 6 nitrogen and oxygen atoms in total. The van der Waals surface area contributed by atoms with Gasteiger partial charge < -0.3 is 10.4 Å². The number of carbonyl (C=O) groups is 2. The van der Waals surface area contributed by atoms with E-state index < -0.39 is 5.97 Å². The van der Waals surface area contributed by atoms with E-state index in [1.807, 2.05) is 19.9 Å². The Kier molecular flexibility index (Phi) is 4.42. The molecular weight excluding hydrogens is 258 g/mol. The summed E-state index contributed by atoms with van der Waals surface area (Å²) in [5, 5.41) is 16.0. The number of amides is 1. The number of hydrogen-bond donors (Lipinski definition) is 2. The average molecular weight is 279 g/mol. The van der Waals surface area contributed by atoms with Crippen LogP contribution in [0.5, 0.6) is 0 Å². The molecule has 110 valence electrons. The zero-order valence-electron chi connectivity index (χ0n) is 11.9. The third kappa shape index (κ3) is 4.08. The Hall–Kier alpha value is -1.85. The van der Waals surface area contributed by atoms with E-state index in [0.29, 0.717) is 18.9 Å². The molecule has 1 aromatic heterocycles. The van der Waals surface area contributed by atoms with Gasteiger partial charge in [0.25, 0.3) is 0 Å². The normalized spacial score (nSPS) is 15.9. The highest BCUT2D eigenvalue weighted by molar-refractivity contribution is 5.77. The number of hydrogen-bond acceptors (Lipinski definition) is 3. The molecule has 1 unspecified atom stereocenters. The topological polar surface area (TPSA) is 84.2 Å². The van der Waals surface area contributed by atoms with Crippen LogP contribution >= 0.6 is 0 Å². The van der Waals surface area contributed by atoms with E-state index in [4.69, 9.17) is 5.11 Å². The Labute approximate surface area is 118 Å². The first kappa shape index (κ1) is 14.6. The quantitative estimate of drug-likeness (QED) is 0.787. The van der Waals surface area contributed by atoms with Crippen molar-refractivity contribution in [1.29, 1.82) is 0 Å². The number of aromatic nitrogens is 2. The third-order valence-corrected chi connectivity index (χ3v) is 3.59. The molecule has 1 aliphatic carbocycles. The summed E-state index contributed by atoms with van der Waals surface area (Å²) < 4.78 is 1.80. The second-order valence-corrected chi connectivity index (χ2v) is 5.51. The van der Waals surface area contributed by atoms with E-state index in [1.54, 1.807) is 4.68 Å². The summed E-state index contributed by atoms with van der Waals surface area (Å²) in [6.45, 7) is 4.39. The van der Waals surface area contributed by atoms with Crippen molar-refractivity contribution in [2.75, 3.05) is 0 Å². The summed E-state index contributed by atoms with van der Waals surface area (Å²) in [7, 11) is 0. The first-order valence-corrected chi connectivity index (χ1v) is 6.98. The van der Waals surface area contributed by atoms with Crippen LogP contribution in [0.4, 0.5) is 0 Å². The average Bonchev–Trinajstić information content (AvgIpc) is 3.12. The Bertz CT molecular complexity index is 506. The van der Waals surface area contributed by atoms with E-state index in [1.165, 1.54) is 0 Å². The molecule has 6 heteroatoms. The first-order valence-electron chi connectivity index (χ1n) is 6.98. The highest BCUT2D eigenvalue weighted by Gasteiger charge is 2.33. The van der Waals surface area contributed by atoms with Crippen LogP contribution in [0, 0.1) is 19.8 Å². The van der Waals surface area contributed by atoms with Gasteiger partial charge in [0, 0.05) is 24.7 Å². The lowest BCUT2D eigenvalue weighted by atomic mass is 10.1. The van der Waals surface area contributed by atoms with E-state index in [9.17, 15) is 9.59 Å². The van der Waals surface area contributed by atoms with E-state index >= 15 is 0 Å². The summed E-state index contributed by atoms with van der Waals surface area (Å²) in [4.78, 5) is 22.7. The Balaban J connectivity index is 1.82. The van der Waals surface area contributed by atoms with Crippen LogP contribution < -0.4 is 5.32 Å². The second kappa shape index (κ2) is 6.07. The number of nitrogens with zero attached hydrogens (tertiary/aromatic N) is 2. The molecule has 0 bridgehead atoms. The number of carboxylic acids is 1. The molecule has 1 amide bonds. The van der Waals surface area contributed by atoms with Crippen molar-refractivity contribution >= 4 is 11.9 Å². The zero-order chi connectivity index (χ0) is 14.7. The molecule has 1 heterocycles. The molecule has 1 aromatic rings. The van der Waals surface area contributed by atoms with Crippen molar-refractivity contribution < 1.29 is 14.7 Å². The van der Waals surface area contributed by atoms with E-state index in [2.05, 4.69) is 10.4 Å². The largest absolute Gasteiger partial charge is 0.481 e. The van der Waals surface area contributed by atoms with Gasteiger partial charge in [-0.1, -0.05) is 0 Å². The SMILES string of the molecule is Cc1cc(C)n(CCC(=O)NC(CC(=O)O)C2CC2)n1. The van der Waals surface area contributed by atoms with Gasteiger partial charge in [0.15, 0.2) is 0 Å². The minimum Gasteiger partial charge on any atom is -0.481 e. The Morgan fingerprint density at radius 2 is 2.20 bits per heavy atom. The summed E-state index contributed by atoms with van der Waals surface area (Å²) >= 11 is 0. The van der Waals surface area contributed by atoms with Crippen LogP contribution in [-0.2, 0) is 16.1 Å². The van der Waals surface area contributed by atoms with Crippen molar-refractivity contribution in [1.82, 2.24) is 15.1 Å². The van der Waals surface area contributed by atoms with Gasteiger partial charge in [-0.25, -0.2) is 0 Å². The number of carboxylic acid groups (broad SMARTS) is 1. The Morgan fingerprint density at radius 1 is 1.50 bits per heavy atom. The maximum absolute atomic E-state index is 11.9. The molecule has 0 saturated heterocycles. The minimum atomic E-state index is -0.860. The monoisotopic (exact) mass is 279 g/mol. The number of carbonyl (C=O) groups excluding carboxylic acids is 1. The molecule has 2 rings (SSSR count). The van der Waals surface area contributed by atoms with Gasteiger partial charge in [0.05, 0.1) is 12.1 Å². The van der Waals surface area contributed by atoms with Crippen molar-refractivity contribution in [2.45, 2.75) is 52.1 Å². The fraction of sp³-hybridized carbons (Fsp3) is 0.643. The summed E-state index contributed by atoms with van der Waals surface area (Å²) in [5.41, 5.74) is 1.96. The molecule has 1 aliphatic rings. The number of rotatable bonds is 7. The van der Waals surface area contributed by atoms with Gasteiger partial charge in [-0.05, 0) is 38.7 Å². The van der Waals surface area contributed by atoms with Crippen LogP contribution in [0.2, 0.25) is 0 Å². The van der Waals surface area contributed by atoms with Gasteiger partial charge in [-0.15, -0.1) is 0 Å². The number of nitrogens with one attached hydrogen (secondary N) is 1. The highest BCUT2D eigenvalue weighted by Crippen LogP contribution is 2.34. The molecule has 0 radical (unpaired) electrons. The van der Waals surface area contributed by atoms with Gasteiger partial charge in [-0.3, -0.25) is 14.3 Å². The predicted octanol–water partition coefficient (Wildman–Crippen LogP) is 1.26. The maximum atomic E-state index is 11.9. The van der Waals surface area contributed by atoms with Crippen molar-refractivity contribution in [2.24, 2.45) is 5.92 Å². The van der Waals surface area contributed by atoms with Crippen LogP contribution in [0.25, 0.3) is 0 Å². The molecule has 1 atom stereocenters. The lowest BCUT2D eigenvalue weighted by Gasteiger charge is -2.16. The lowest BCUT2D eigenvalue weighted by Crippen LogP contribution is -2.38. The van der Waals surface area contributed by atoms with Crippen LogP contribution in [0.3, 0.4) is 0 Å². The summed E-state index contributed by atoms with van der Waals surface area (Å²) in [5.74, 6) is -0.625. The number of aliphatic carboxylic acids is 1. The zero-order valence-corrected chi connectivity index (χ0v) is 11.9. The number of aryl methyl sites for hydroxylation is 3. The van der Waals surface area contributed by atoms with Gasteiger partial charge >= 0.3 is 5.97 Å². The molecule has 0 spiro atoms. The van der Waals surface area contributed by atoms with Crippen molar-refractivity contribution in [3.05, 3.63) is 17.5 Å². The van der Waals surface area contributed by atoms with Gasteiger partial charge in [-0.2, -0.15) is 5.10 Å². The summed E-state index contributed by atoms with van der Waals surface area (Å²) in [6.07, 6.45) is 2.35. The van der Waals surface area contributed by atoms with E-state index in [0.717, 1.165) is 24.2 Å². The molecule has 1 fully saturated rings. The molecule has 0 aliphatic heterocycles. The van der Waals surface area contributed by atoms with Crippen molar-refractivity contribution in [3.8, 4) is 0 Å².